The second kappa shape index (κ2) is 9.42. The van der Waals surface area contributed by atoms with Crippen molar-refractivity contribution >= 4 is 0 Å². The number of morpholine rings is 1. The van der Waals surface area contributed by atoms with Gasteiger partial charge in [0.2, 0.25) is 0 Å². The summed E-state index contributed by atoms with van der Waals surface area (Å²) in [5.74, 6) is 6.98. The molecule has 2 heteroatoms. The fourth-order valence-electron chi connectivity index (χ4n) is 2.57. The van der Waals surface area contributed by atoms with E-state index in [-0.39, 0.29) is 0 Å². The van der Waals surface area contributed by atoms with Crippen molar-refractivity contribution in [3.05, 3.63) is 0 Å². The zero-order valence-corrected chi connectivity index (χ0v) is 14.0. The lowest BCUT2D eigenvalue weighted by atomic mass is 9.87. The monoisotopic (exact) mass is 279 g/mol. The van der Waals surface area contributed by atoms with E-state index in [1.165, 1.54) is 25.7 Å². The summed E-state index contributed by atoms with van der Waals surface area (Å²) in [6.07, 6.45) is 7.43. The van der Waals surface area contributed by atoms with E-state index in [1.54, 1.807) is 0 Å². The summed E-state index contributed by atoms with van der Waals surface area (Å²) < 4.78 is 5.46. The van der Waals surface area contributed by atoms with Gasteiger partial charge in [0, 0.05) is 19.5 Å². The predicted molar refractivity (Wildman–Crippen MR) is 86.8 cm³/mol. The van der Waals surface area contributed by atoms with Crippen LogP contribution in [0.5, 0.6) is 0 Å². The molecule has 0 aromatic heterocycles. The highest BCUT2D eigenvalue weighted by Crippen LogP contribution is 2.24. The molecular weight excluding hydrogens is 246 g/mol. The summed E-state index contributed by atoms with van der Waals surface area (Å²) in [6, 6.07) is 0.407. The summed E-state index contributed by atoms with van der Waals surface area (Å²) in [7, 11) is 0. The highest BCUT2D eigenvalue weighted by molar-refractivity contribution is 5.09. The second-order valence-corrected chi connectivity index (χ2v) is 7.06. The highest BCUT2D eigenvalue weighted by Gasteiger charge is 2.24. The number of nitrogens with zero attached hydrogens (tertiary/aromatic N) is 1. The Kier molecular flexibility index (Phi) is 8.26. The topological polar surface area (TPSA) is 12.5 Å². The van der Waals surface area contributed by atoms with E-state index >= 15 is 0 Å². The zero-order valence-electron chi connectivity index (χ0n) is 14.0. The minimum atomic E-state index is 0.333. The molecule has 1 unspecified atom stereocenters. The van der Waals surface area contributed by atoms with Crippen molar-refractivity contribution in [1.82, 2.24) is 4.90 Å². The molecule has 0 N–H and O–H groups in total. The van der Waals surface area contributed by atoms with Gasteiger partial charge in [-0.25, -0.2) is 0 Å². The van der Waals surface area contributed by atoms with Gasteiger partial charge in [-0.15, -0.1) is 5.92 Å². The second-order valence-electron chi connectivity index (χ2n) is 7.06. The average molecular weight is 279 g/mol. The fraction of sp³-hybridized carbons (Fsp3) is 0.889. The maximum absolute atomic E-state index is 5.46. The minimum Gasteiger partial charge on any atom is -0.379 e. The van der Waals surface area contributed by atoms with E-state index in [0.717, 1.165) is 39.1 Å². The fourth-order valence-corrected chi connectivity index (χ4v) is 2.57. The highest BCUT2D eigenvalue weighted by atomic mass is 16.5. The molecule has 1 atom stereocenters. The summed E-state index contributed by atoms with van der Waals surface area (Å²) in [5.41, 5.74) is 0.333. The molecule has 0 aliphatic carbocycles. The lowest BCUT2D eigenvalue weighted by Crippen LogP contribution is -2.44. The van der Waals surface area contributed by atoms with Gasteiger partial charge in [0.15, 0.2) is 0 Å². The number of unbranched alkanes of at least 4 members (excludes halogenated alkanes) is 4. The first-order valence-electron chi connectivity index (χ1n) is 8.33. The standard InChI is InChI=1S/C18H33NO/c1-5-6-7-8-9-10-11-17(16-18(2,3)4)19-12-14-20-15-13-19/h17H,5-9,12-16H2,1-4H3. The van der Waals surface area contributed by atoms with E-state index in [0.29, 0.717) is 11.5 Å². The minimum absolute atomic E-state index is 0.333. The zero-order chi connectivity index (χ0) is 14.8. The maximum Gasteiger partial charge on any atom is 0.0721 e. The van der Waals surface area contributed by atoms with E-state index in [2.05, 4.69) is 44.4 Å². The first-order valence-corrected chi connectivity index (χ1v) is 8.33. The van der Waals surface area contributed by atoms with Crippen LogP contribution in [0.4, 0.5) is 0 Å². The predicted octanol–water partition coefficient (Wildman–Crippen LogP) is 4.10. The molecule has 1 aliphatic heterocycles. The van der Waals surface area contributed by atoms with Crippen molar-refractivity contribution in [1.29, 1.82) is 0 Å². The molecular formula is C18H33NO. The van der Waals surface area contributed by atoms with Crippen molar-refractivity contribution in [3.8, 4) is 11.8 Å². The molecule has 1 saturated heterocycles. The third-order valence-corrected chi connectivity index (χ3v) is 3.72. The van der Waals surface area contributed by atoms with Gasteiger partial charge in [-0.1, -0.05) is 52.9 Å². The van der Waals surface area contributed by atoms with Crippen LogP contribution in [0.2, 0.25) is 0 Å². The van der Waals surface area contributed by atoms with Crippen molar-refractivity contribution < 1.29 is 4.74 Å². The van der Waals surface area contributed by atoms with Gasteiger partial charge in [-0.3, -0.25) is 4.90 Å². The number of rotatable bonds is 6. The molecule has 1 fully saturated rings. The number of hydrogen-bond donors (Lipinski definition) is 0. The Hall–Kier alpha value is -0.520. The Morgan fingerprint density at radius 1 is 1.10 bits per heavy atom. The van der Waals surface area contributed by atoms with Crippen LogP contribution in [-0.2, 0) is 4.74 Å². The molecule has 116 valence electrons. The molecule has 0 radical (unpaired) electrons. The Balaban J connectivity index is 2.47. The van der Waals surface area contributed by atoms with E-state index in [1.807, 2.05) is 0 Å². The molecule has 1 rings (SSSR count). The summed E-state index contributed by atoms with van der Waals surface area (Å²) in [6.45, 7) is 13.0. The molecule has 0 spiro atoms. The smallest absolute Gasteiger partial charge is 0.0721 e. The molecule has 1 heterocycles. The van der Waals surface area contributed by atoms with Crippen LogP contribution < -0.4 is 0 Å². The van der Waals surface area contributed by atoms with E-state index < -0.39 is 0 Å². The molecule has 20 heavy (non-hydrogen) atoms. The van der Waals surface area contributed by atoms with Gasteiger partial charge >= 0.3 is 0 Å². The number of ether oxygens (including phenoxy) is 1. The molecule has 1 aliphatic rings. The molecule has 0 aromatic carbocycles. The van der Waals surface area contributed by atoms with Crippen molar-refractivity contribution in [2.45, 2.75) is 72.3 Å². The normalized spacial score (nSPS) is 18.4. The van der Waals surface area contributed by atoms with Crippen LogP contribution in [0.3, 0.4) is 0 Å². The van der Waals surface area contributed by atoms with Gasteiger partial charge in [0.1, 0.15) is 0 Å². The lowest BCUT2D eigenvalue weighted by molar-refractivity contribution is 0.0203. The van der Waals surface area contributed by atoms with Crippen LogP contribution in [0.25, 0.3) is 0 Å². The first-order chi connectivity index (χ1) is 9.53. The Bertz CT molecular complexity index is 302. The summed E-state index contributed by atoms with van der Waals surface area (Å²) >= 11 is 0. The van der Waals surface area contributed by atoms with E-state index in [4.69, 9.17) is 4.74 Å². The summed E-state index contributed by atoms with van der Waals surface area (Å²) in [4.78, 5) is 2.51. The Morgan fingerprint density at radius 2 is 1.80 bits per heavy atom. The molecule has 0 amide bonds. The molecule has 2 nitrogen and oxygen atoms in total. The SMILES string of the molecule is CCCCCCC#CC(CC(C)(C)C)N1CCOCC1. The Labute approximate surface area is 126 Å². The van der Waals surface area contributed by atoms with Crippen LogP contribution in [-0.4, -0.2) is 37.2 Å². The van der Waals surface area contributed by atoms with Crippen molar-refractivity contribution in [2.24, 2.45) is 5.41 Å². The van der Waals surface area contributed by atoms with Gasteiger partial charge in [-0.2, -0.15) is 0 Å². The molecule has 0 aromatic rings. The van der Waals surface area contributed by atoms with Crippen LogP contribution >= 0.6 is 0 Å². The summed E-state index contributed by atoms with van der Waals surface area (Å²) in [5, 5.41) is 0. The molecule has 0 saturated carbocycles. The van der Waals surface area contributed by atoms with E-state index in [9.17, 15) is 0 Å². The third-order valence-electron chi connectivity index (χ3n) is 3.72. The van der Waals surface area contributed by atoms with Crippen LogP contribution in [0.1, 0.15) is 66.2 Å². The van der Waals surface area contributed by atoms with Crippen LogP contribution in [0, 0.1) is 17.3 Å². The van der Waals surface area contributed by atoms with Crippen molar-refractivity contribution in [3.63, 3.8) is 0 Å². The average Bonchev–Trinajstić information content (AvgIpc) is 2.41. The van der Waals surface area contributed by atoms with Crippen LogP contribution in [0.15, 0.2) is 0 Å². The third kappa shape index (κ3) is 7.92. The lowest BCUT2D eigenvalue weighted by Gasteiger charge is -2.34. The van der Waals surface area contributed by atoms with Crippen molar-refractivity contribution in [2.75, 3.05) is 26.3 Å². The molecule has 0 bridgehead atoms. The quantitative estimate of drug-likeness (QED) is 0.536. The van der Waals surface area contributed by atoms with Gasteiger partial charge < -0.3 is 4.74 Å². The van der Waals surface area contributed by atoms with Gasteiger partial charge in [0.05, 0.1) is 19.3 Å². The Morgan fingerprint density at radius 3 is 2.40 bits per heavy atom. The number of hydrogen-bond acceptors (Lipinski definition) is 2. The first kappa shape index (κ1) is 17.5. The van der Waals surface area contributed by atoms with Gasteiger partial charge in [0.25, 0.3) is 0 Å². The largest absolute Gasteiger partial charge is 0.379 e. The van der Waals surface area contributed by atoms with Gasteiger partial charge in [-0.05, 0) is 18.3 Å². The maximum atomic E-state index is 5.46.